The normalized spacial score (nSPS) is 17.8. The van der Waals surface area contributed by atoms with Crippen LogP contribution in [0.3, 0.4) is 0 Å². The van der Waals surface area contributed by atoms with Gasteiger partial charge in [0.2, 0.25) is 5.91 Å². The quantitative estimate of drug-likeness (QED) is 0.632. The van der Waals surface area contributed by atoms with Crippen LogP contribution < -0.4 is 5.43 Å². The summed E-state index contributed by atoms with van der Waals surface area (Å²) < 4.78 is 10.2. The topological polar surface area (TPSA) is 76.8 Å². The molecule has 2 aromatic rings. The zero-order chi connectivity index (χ0) is 17.8. The van der Waals surface area contributed by atoms with Crippen LogP contribution in [-0.4, -0.2) is 37.0 Å². The number of hydrogen-bond acceptors (Lipinski definition) is 5. The second-order valence-electron chi connectivity index (χ2n) is 6.00. The third-order valence-electron chi connectivity index (χ3n) is 4.38. The van der Waals surface area contributed by atoms with Gasteiger partial charge in [0.25, 0.3) is 0 Å². The molecule has 3 rings (SSSR count). The standard InChI is InChI=1S/C19H19NO5/c1-24-19(23)13-5-4-10-20(11-13)17(21)9-8-14-12-25-16-7-3-2-6-15(16)18(14)22/h2-3,6-9,12-13H,4-5,10-11H2,1H3/b9-8+. The van der Waals surface area contributed by atoms with Crippen LogP contribution in [0.15, 0.2) is 45.8 Å². The number of carbonyl (C=O) groups is 2. The molecule has 0 N–H and O–H groups in total. The molecule has 1 fully saturated rings. The monoisotopic (exact) mass is 341 g/mol. The van der Waals surface area contributed by atoms with Crippen LogP contribution >= 0.6 is 0 Å². The molecule has 2 heterocycles. The lowest BCUT2D eigenvalue weighted by atomic mass is 9.98. The molecule has 1 amide bonds. The van der Waals surface area contributed by atoms with Crippen LogP contribution in [0.2, 0.25) is 0 Å². The van der Waals surface area contributed by atoms with Crippen LogP contribution in [0.4, 0.5) is 0 Å². The molecule has 1 saturated heterocycles. The zero-order valence-corrected chi connectivity index (χ0v) is 13.9. The van der Waals surface area contributed by atoms with Gasteiger partial charge in [0.15, 0.2) is 5.43 Å². The van der Waals surface area contributed by atoms with E-state index in [-0.39, 0.29) is 23.2 Å². The number of methoxy groups -OCH3 is 1. The minimum Gasteiger partial charge on any atom is -0.469 e. The van der Waals surface area contributed by atoms with E-state index in [9.17, 15) is 14.4 Å². The van der Waals surface area contributed by atoms with Crippen molar-refractivity contribution in [3.8, 4) is 0 Å². The second-order valence-corrected chi connectivity index (χ2v) is 6.00. The molecule has 1 aromatic heterocycles. The summed E-state index contributed by atoms with van der Waals surface area (Å²) in [5.41, 5.74) is 0.637. The van der Waals surface area contributed by atoms with Crippen LogP contribution in [0.1, 0.15) is 18.4 Å². The van der Waals surface area contributed by atoms with Gasteiger partial charge in [-0.15, -0.1) is 0 Å². The zero-order valence-electron chi connectivity index (χ0n) is 13.9. The lowest BCUT2D eigenvalue weighted by molar-refractivity contribution is -0.148. The van der Waals surface area contributed by atoms with E-state index in [1.165, 1.54) is 25.5 Å². The highest BCUT2D eigenvalue weighted by Crippen LogP contribution is 2.18. The molecule has 1 atom stereocenters. The third-order valence-corrected chi connectivity index (χ3v) is 4.38. The number of nitrogens with zero attached hydrogens (tertiary/aromatic N) is 1. The maximum absolute atomic E-state index is 12.4. The maximum atomic E-state index is 12.4. The number of carbonyl (C=O) groups excluding carboxylic acids is 2. The predicted octanol–water partition coefficient (Wildman–Crippen LogP) is 2.22. The second kappa shape index (κ2) is 7.34. The van der Waals surface area contributed by atoms with Crippen molar-refractivity contribution in [1.29, 1.82) is 0 Å². The Morgan fingerprint density at radius 3 is 2.92 bits per heavy atom. The molecule has 0 bridgehead atoms. The first-order chi connectivity index (χ1) is 12.1. The summed E-state index contributed by atoms with van der Waals surface area (Å²) in [7, 11) is 1.35. The van der Waals surface area contributed by atoms with Crippen molar-refractivity contribution in [2.45, 2.75) is 12.8 Å². The van der Waals surface area contributed by atoms with Gasteiger partial charge in [0.05, 0.1) is 24.0 Å². The molecule has 6 nitrogen and oxygen atoms in total. The van der Waals surface area contributed by atoms with Gasteiger partial charge < -0.3 is 14.1 Å². The van der Waals surface area contributed by atoms with Gasteiger partial charge >= 0.3 is 5.97 Å². The molecule has 25 heavy (non-hydrogen) atoms. The summed E-state index contributed by atoms with van der Waals surface area (Å²) >= 11 is 0. The van der Waals surface area contributed by atoms with Crippen LogP contribution in [0.25, 0.3) is 17.0 Å². The Bertz CT molecular complexity index is 883. The number of piperidine rings is 1. The van der Waals surface area contributed by atoms with E-state index in [0.29, 0.717) is 36.0 Å². The summed E-state index contributed by atoms with van der Waals surface area (Å²) in [4.78, 5) is 38.0. The fourth-order valence-electron chi connectivity index (χ4n) is 3.01. The van der Waals surface area contributed by atoms with Crippen molar-refractivity contribution >= 4 is 28.9 Å². The van der Waals surface area contributed by atoms with Gasteiger partial charge in [0.1, 0.15) is 11.8 Å². The van der Waals surface area contributed by atoms with Gasteiger partial charge in [-0.1, -0.05) is 12.1 Å². The molecule has 1 aromatic carbocycles. The molecule has 0 aliphatic carbocycles. The number of ether oxygens (including phenoxy) is 1. The first-order valence-electron chi connectivity index (χ1n) is 8.15. The number of amides is 1. The van der Waals surface area contributed by atoms with Crippen molar-refractivity contribution in [2.24, 2.45) is 5.92 Å². The van der Waals surface area contributed by atoms with Crippen LogP contribution in [-0.2, 0) is 14.3 Å². The first kappa shape index (κ1) is 17.0. The molecule has 0 saturated carbocycles. The van der Waals surface area contributed by atoms with Gasteiger partial charge in [0, 0.05) is 19.2 Å². The molecule has 1 aliphatic heterocycles. The molecule has 130 valence electrons. The third kappa shape index (κ3) is 3.63. The lowest BCUT2D eigenvalue weighted by Crippen LogP contribution is -2.41. The summed E-state index contributed by atoms with van der Waals surface area (Å²) in [6.07, 6.45) is 5.62. The largest absolute Gasteiger partial charge is 0.469 e. The molecule has 6 heteroatoms. The van der Waals surface area contributed by atoms with Crippen molar-refractivity contribution in [3.05, 3.63) is 52.4 Å². The summed E-state index contributed by atoms with van der Waals surface area (Å²) in [5.74, 6) is -0.820. The van der Waals surface area contributed by atoms with E-state index in [1.807, 2.05) is 0 Å². The summed E-state index contributed by atoms with van der Waals surface area (Å²) in [6, 6.07) is 6.96. The van der Waals surface area contributed by atoms with Crippen molar-refractivity contribution in [3.63, 3.8) is 0 Å². The number of rotatable bonds is 3. The van der Waals surface area contributed by atoms with Gasteiger partial charge in [-0.2, -0.15) is 0 Å². The Labute approximate surface area is 144 Å². The Kier molecular flexibility index (Phi) is 4.97. The van der Waals surface area contributed by atoms with E-state index in [2.05, 4.69) is 0 Å². The summed E-state index contributed by atoms with van der Waals surface area (Å²) in [5, 5.41) is 0.473. The summed E-state index contributed by atoms with van der Waals surface area (Å²) in [6.45, 7) is 0.922. The Balaban J connectivity index is 1.75. The van der Waals surface area contributed by atoms with E-state index in [4.69, 9.17) is 9.15 Å². The Morgan fingerprint density at radius 2 is 2.12 bits per heavy atom. The van der Waals surface area contributed by atoms with E-state index in [1.54, 1.807) is 29.2 Å². The van der Waals surface area contributed by atoms with E-state index >= 15 is 0 Å². The van der Waals surface area contributed by atoms with Crippen LogP contribution in [0, 0.1) is 5.92 Å². The SMILES string of the molecule is COC(=O)C1CCCN(C(=O)/C=C/c2coc3ccccc3c2=O)C1. The number of benzene rings is 1. The Hall–Kier alpha value is -2.89. The number of fused-ring (bicyclic) bond motifs is 1. The average molecular weight is 341 g/mol. The Morgan fingerprint density at radius 1 is 1.32 bits per heavy atom. The molecule has 1 unspecified atom stereocenters. The first-order valence-corrected chi connectivity index (χ1v) is 8.15. The molecular formula is C19H19NO5. The smallest absolute Gasteiger partial charge is 0.310 e. The average Bonchev–Trinajstić information content (AvgIpc) is 2.67. The molecular weight excluding hydrogens is 322 g/mol. The highest BCUT2D eigenvalue weighted by Gasteiger charge is 2.28. The van der Waals surface area contributed by atoms with Crippen LogP contribution in [0.5, 0.6) is 0 Å². The van der Waals surface area contributed by atoms with E-state index < -0.39 is 0 Å². The van der Waals surface area contributed by atoms with Gasteiger partial charge in [-0.3, -0.25) is 14.4 Å². The van der Waals surface area contributed by atoms with Gasteiger partial charge in [-0.05, 0) is 31.1 Å². The lowest BCUT2D eigenvalue weighted by Gasteiger charge is -2.30. The number of para-hydroxylation sites is 1. The molecule has 0 spiro atoms. The molecule has 1 aliphatic rings. The number of hydrogen-bond donors (Lipinski definition) is 0. The fourth-order valence-corrected chi connectivity index (χ4v) is 3.01. The molecule has 0 radical (unpaired) electrons. The van der Waals surface area contributed by atoms with E-state index in [0.717, 1.165) is 6.42 Å². The fraction of sp³-hybridized carbons (Fsp3) is 0.316. The number of esters is 1. The highest BCUT2D eigenvalue weighted by molar-refractivity contribution is 5.92. The maximum Gasteiger partial charge on any atom is 0.310 e. The minimum absolute atomic E-state index is 0.183. The predicted molar refractivity (Wildman–Crippen MR) is 92.8 cm³/mol. The minimum atomic E-state index is -0.295. The highest BCUT2D eigenvalue weighted by atomic mass is 16.5. The van der Waals surface area contributed by atoms with Crippen molar-refractivity contribution < 1.29 is 18.7 Å². The van der Waals surface area contributed by atoms with Gasteiger partial charge in [-0.25, -0.2) is 0 Å². The van der Waals surface area contributed by atoms with Crippen molar-refractivity contribution in [2.75, 3.05) is 20.2 Å². The van der Waals surface area contributed by atoms with Crippen molar-refractivity contribution in [1.82, 2.24) is 4.90 Å². The number of likely N-dealkylation sites (tertiary alicyclic amines) is 1.